The Balaban J connectivity index is 1.48. The normalized spacial score (nSPS) is 15.7. The Hall–Kier alpha value is -3.52. The van der Waals surface area contributed by atoms with Gasteiger partial charge in [0.15, 0.2) is 5.65 Å². The molecule has 1 fully saturated rings. The number of nitrogens with one attached hydrogen (secondary N) is 1. The van der Waals surface area contributed by atoms with Gasteiger partial charge in [0.2, 0.25) is 5.91 Å². The number of amides is 1. The molecule has 0 radical (unpaired) electrons. The molecule has 1 saturated heterocycles. The molecule has 4 aromatic rings. The minimum absolute atomic E-state index is 0.0349. The first-order valence-electron chi connectivity index (χ1n) is 11.7. The number of aliphatic hydroxyl groups excluding tert-OH is 1. The number of fused-ring (bicyclic) bond motifs is 1. The van der Waals surface area contributed by atoms with E-state index in [-0.39, 0.29) is 68.5 Å². The molecule has 3 heterocycles. The third-order valence-electron chi connectivity index (χ3n) is 6.44. The molecule has 1 aliphatic rings. The van der Waals surface area contributed by atoms with Crippen LogP contribution < -0.4 is 10.5 Å². The summed E-state index contributed by atoms with van der Waals surface area (Å²) >= 11 is 12.0. The summed E-state index contributed by atoms with van der Waals surface area (Å²) in [7, 11) is -4.26. The van der Waals surface area contributed by atoms with Gasteiger partial charge in [0, 0.05) is 12.1 Å². The molecule has 0 bridgehead atoms. The number of hydrogen-bond donors (Lipinski definition) is 3. The number of carbonyl (C=O) groups excluding carboxylic acids is 1. The molecule has 0 aliphatic carbocycles. The van der Waals surface area contributed by atoms with Gasteiger partial charge in [-0.05, 0) is 37.1 Å². The van der Waals surface area contributed by atoms with Crippen LogP contribution in [0, 0.1) is 5.82 Å². The first-order chi connectivity index (χ1) is 18.6. The van der Waals surface area contributed by atoms with Crippen molar-refractivity contribution < 1.29 is 22.7 Å². The number of sulfonamides is 1. The van der Waals surface area contributed by atoms with Crippen molar-refractivity contribution in [2.75, 3.05) is 23.6 Å². The van der Waals surface area contributed by atoms with Crippen molar-refractivity contribution in [3.8, 4) is 11.3 Å². The Morgan fingerprint density at radius 3 is 2.77 bits per heavy atom. The molecule has 1 atom stereocenters. The lowest BCUT2D eigenvalue weighted by Gasteiger charge is -2.22. The predicted octanol–water partition coefficient (Wildman–Crippen LogP) is 3.31. The highest BCUT2D eigenvalue weighted by Gasteiger charge is 2.29. The lowest BCUT2D eigenvalue weighted by molar-refractivity contribution is -0.133. The molecular weight excluding hydrogens is 572 g/mol. The molecule has 0 unspecified atom stereocenters. The standard InChI is InChI=1S/C24H22Cl2FN7O4S/c25-15-4-1-5-18(21(15)26)39(37,38)32-17-7-6-13(9-16(17)27)22-20-23(28)29-12-30-24(20)34(31-22)10-19(36)33-8-2-3-14(33)11-35/h1,4-7,9,12,14,32,35H,2-3,8,10-11H2,(H2,28,29,30)/t14-/m0/s1. The number of rotatable bonds is 7. The number of nitrogens with two attached hydrogens (primary N) is 1. The fourth-order valence-electron chi connectivity index (χ4n) is 4.55. The van der Waals surface area contributed by atoms with E-state index in [9.17, 15) is 18.3 Å². The molecule has 0 spiro atoms. The summed E-state index contributed by atoms with van der Waals surface area (Å²) in [6, 6.07) is 7.59. The number of anilines is 2. The lowest BCUT2D eigenvalue weighted by Crippen LogP contribution is -2.39. The quantitative estimate of drug-likeness (QED) is 0.294. The molecule has 1 amide bonds. The van der Waals surface area contributed by atoms with E-state index in [0.717, 1.165) is 12.5 Å². The number of halogens is 3. The number of aromatic nitrogens is 4. The first kappa shape index (κ1) is 27.1. The highest BCUT2D eigenvalue weighted by Crippen LogP contribution is 2.34. The van der Waals surface area contributed by atoms with E-state index < -0.39 is 15.8 Å². The van der Waals surface area contributed by atoms with Crippen molar-refractivity contribution in [3.63, 3.8) is 0 Å². The molecule has 39 heavy (non-hydrogen) atoms. The van der Waals surface area contributed by atoms with Gasteiger partial charge in [0.25, 0.3) is 10.0 Å². The molecule has 204 valence electrons. The Kier molecular flexibility index (Phi) is 7.33. The van der Waals surface area contributed by atoms with Gasteiger partial charge < -0.3 is 15.7 Å². The topological polar surface area (TPSA) is 156 Å². The van der Waals surface area contributed by atoms with Crippen LogP contribution in [0.4, 0.5) is 15.9 Å². The van der Waals surface area contributed by atoms with E-state index in [1.165, 1.54) is 41.3 Å². The zero-order valence-corrected chi connectivity index (χ0v) is 22.5. The first-order valence-corrected chi connectivity index (χ1v) is 14.0. The summed E-state index contributed by atoms with van der Waals surface area (Å²) in [5.74, 6) is -1.08. The minimum atomic E-state index is -4.26. The van der Waals surface area contributed by atoms with Crippen molar-refractivity contribution in [2.45, 2.75) is 30.3 Å². The minimum Gasteiger partial charge on any atom is -0.394 e. The highest BCUT2D eigenvalue weighted by molar-refractivity contribution is 7.92. The summed E-state index contributed by atoms with van der Waals surface area (Å²) < 4.78 is 44.4. The molecule has 2 aromatic heterocycles. The van der Waals surface area contributed by atoms with E-state index in [4.69, 9.17) is 28.9 Å². The summed E-state index contributed by atoms with van der Waals surface area (Å²) in [5.41, 5.74) is 6.51. The molecule has 1 aliphatic heterocycles. The van der Waals surface area contributed by atoms with Gasteiger partial charge in [-0.25, -0.2) is 27.5 Å². The molecule has 4 N–H and O–H groups in total. The van der Waals surface area contributed by atoms with Gasteiger partial charge >= 0.3 is 0 Å². The molecule has 11 nitrogen and oxygen atoms in total. The van der Waals surface area contributed by atoms with Crippen LogP contribution in [0.15, 0.2) is 47.6 Å². The van der Waals surface area contributed by atoms with E-state index in [1.54, 1.807) is 4.90 Å². The Morgan fingerprint density at radius 1 is 1.23 bits per heavy atom. The summed E-state index contributed by atoms with van der Waals surface area (Å²) in [5, 5.41) is 14.2. The van der Waals surface area contributed by atoms with Crippen molar-refractivity contribution in [1.82, 2.24) is 24.6 Å². The lowest BCUT2D eigenvalue weighted by atomic mass is 10.1. The second-order valence-corrected chi connectivity index (χ2v) is 11.3. The SMILES string of the molecule is Nc1ncnc2c1c(-c1ccc(NS(=O)(=O)c3cccc(Cl)c3Cl)c(F)c1)nn2CC(=O)N1CCC[C@H]1CO. The number of benzene rings is 2. The van der Waals surface area contributed by atoms with Crippen LogP contribution in [-0.2, 0) is 21.4 Å². The van der Waals surface area contributed by atoms with Gasteiger partial charge in [-0.1, -0.05) is 35.3 Å². The molecule has 2 aromatic carbocycles. The molecule has 15 heteroatoms. The van der Waals surface area contributed by atoms with E-state index in [0.29, 0.717) is 18.4 Å². The largest absolute Gasteiger partial charge is 0.394 e. The van der Waals surface area contributed by atoms with Crippen LogP contribution >= 0.6 is 23.2 Å². The van der Waals surface area contributed by atoms with Crippen LogP contribution in [0.5, 0.6) is 0 Å². The molecule has 5 rings (SSSR count). The smallest absolute Gasteiger partial charge is 0.263 e. The fourth-order valence-corrected chi connectivity index (χ4v) is 6.38. The highest BCUT2D eigenvalue weighted by atomic mass is 35.5. The van der Waals surface area contributed by atoms with Gasteiger partial charge in [-0.3, -0.25) is 9.52 Å². The van der Waals surface area contributed by atoms with Crippen LogP contribution in [0.3, 0.4) is 0 Å². The van der Waals surface area contributed by atoms with Crippen LogP contribution in [0.1, 0.15) is 12.8 Å². The number of nitrogen functional groups attached to an aromatic ring is 1. The Labute approximate surface area is 232 Å². The zero-order valence-electron chi connectivity index (χ0n) is 20.2. The second kappa shape index (κ2) is 10.6. The van der Waals surface area contributed by atoms with Crippen molar-refractivity contribution in [3.05, 3.63) is 58.6 Å². The van der Waals surface area contributed by atoms with Crippen LogP contribution in [0.2, 0.25) is 10.0 Å². The average molecular weight is 594 g/mol. The van der Waals surface area contributed by atoms with Gasteiger partial charge in [-0.15, -0.1) is 0 Å². The van der Waals surface area contributed by atoms with E-state index in [1.807, 2.05) is 0 Å². The number of hydrogen-bond acceptors (Lipinski definition) is 8. The van der Waals surface area contributed by atoms with Crippen molar-refractivity contribution in [1.29, 1.82) is 0 Å². The summed E-state index contributed by atoms with van der Waals surface area (Å²) in [6.45, 7) is 0.214. The van der Waals surface area contributed by atoms with Crippen molar-refractivity contribution >= 4 is 61.7 Å². The van der Waals surface area contributed by atoms with Gasteiger partial charge in [0.05, 0.1) is 33.8 Å². The summed E-state index contributed by atoms with van der Waals surface area (Å²) in [4.78, 5) is 22.5. The van der Waals surface area contributed by atoms with Crippen LogP contribution in [0.25, 0.3) is 22.3 Å². The fraction of sp³-hybridized carbons (Fsp3) is 0.250. The maximum absolute atomic E-state index is 15.2. The third-order valence-corrected chi connectivity index (χ3v) is 8.78. The molecule has 0 saturated carbocycles. The number of nitrogens with zero attached hydrogens (tertiary/aromatic N) is 5. The number of carbonyl (C=O) groups is 1. The summed E-state index contributed by atoms with van der Waals surface area (Å²) in [6.07, 6.45) is 2.73. The monoisotopic (exact) mass is 593 g/mol. The van der Waals surface area contributed by atoms with E-state index in [2.05, 4.69) is 19.8 Å². The third kappa shape index (κ3) is 5.10. The van der Waals surface area contributed by atoms with Crippen molar-refractivity contribution in [2.24, 2.45) is 0 Å². The average Bonchev–Trinajstić information content (AvgIpc) is 3.52. The van der Waals surface area contributed by atoms with Gasteiger partial charge in [-0.2, -0.15) is 5.10 Å². The Morgan fingerprint density at radius 2 is 2.03 bits per heavy atom. The number of aliphatic hydroxyl groups is 1. The van der Waals surface area contributed by atoms with Gasteiger partial charge in [0.1, 0.15) is 35.1 Å². The van der Waals surface area contributed by atoms with Crippen LogP contribution in [-0.4, -0.2) is 63.3 Å². The van der Waals surface area contributed by atoms with E-state index >= 15 is 4.39 Å². The number of likely N-dealkylation sites (tertiary alicyclic amines) is 1. The zero-order chi connectivity index (χ0) is 27.9. The second-order valence-electron chi connectivity index (χ2n) is 8.88. The Bertz CT molecular complexity index is 1700. The maximum Gasteiger partial charge on any atom is 0.263 e. The predicted molar refractivity (Wildman–Crippen MR) is 144 cm³/mol. The maximum atomic E-state index is 15.2. The molecular formula is C24H22Cl2FN7O4S.